The zero-order chi connectivity index (χ0) is 18.2. The van der Waals surface area contributed by atoms with Gasteiger partial charge in [0.2, 0.25) is 0 Å². The third-order valence-electron chi connectivity index (χ3n) is 9.27. The largest absolute Gasteiger partial charge is 0.370 e. The summed E-state index contributed by atoms with van der Waals surface area (Å²) in [5, 5.41) is 6.06. The minimum Gasteiger partial charge on any atom is -0.370 e. The van der Waals surface area contributed by atoms with E-state index in [2.05, 4.69) is 32.2 Å². The molecule has 25 heavy (non-hydrogen) atoms. The Morgan fingerprint density at radius 1 is 0.880 bits per heavy atom. The molecule has 0 amide bonds. The molecule has 4 rings (SSSR count). The van der Waals surface area contributed by atoms with Crippen LogP contribution in [0.3, 0.4) is 0 Å². The molecule has 0 heterocycles. The van der Waals surface area contributed by atoms with Gasteiger partial charge in [0.15, 0.2) is 5.96 Å². The molecule has 4 aliphatic carbocycles. The summed E-state index contributed by atoms with van der Waals surface area (Å²) in [5.41, 5.74) is 10.4. The highest BCUT2D eigenvalue weighted by molar-refractivity contribution is 5.71. The minimum absolute atomic E-state index is 0.333. The molecule has 7 atom stereocenters. The van der Waals surface area contributed by atoms with E-state index >= 15 is 0 Å². The maximum absolute atomic E-state index is 6.06. The standard InChI is InChI=1S/C21H36.CH5N3/c1-4-15-9-11-18-17-10-8-16-7-5-6-13-20(16,2)19(17)12-14-21(15,18)3;2-1(3)4/h15-19H,4-14H2,1-3H3;(H5,2,3,4). The van der Waals surface area contributed by atoms with Crippen LogP contribution in [0.1, 0.15) is 91.4 Å². The maximum Gasteiger partial charge on any atom is 0.183 e. The van der Waals surface area contributed by atoms with Crippen molar-refractivity contribution in [3.63, 3.8) is 0 Å². The minimum atomic E-state index is -0.333. The summed E-state index contributed by atoms with van der Waals surface area (Å²) in [5.74, 6) is 5.06. The average molecular weight is 348 g/mol. The molecule has 0 radical (unpaired) electrons. The summed E-state index contributed by atoms with van der Waals surface area (Å²) < 4.78 is 0. The van der Waals surface area contributed by atoms with Gasteiger partial charge >= 0.3 is 0 Å². The predicted molar refractivity (Wildman–Crippen MR) is 106 cm³/mol. The Bertz CT molecular complexity index is 486. The van der Waals surface area contributed by atoms with Crippen molar-refractivity contribution in [2.24, 2.45) is 51.9 Å². The van der Waals surface area contributed by atoms with Crippen LogP contribution < -0.4 is 11.5 Å². The molecule has 144 valence electrons. The molecule has 0 bridgehead atoms. The van der Waals surface area contributed by atoms with Gasteiger partial charge in [0, 0.05) is 0 Å². The molecule has 0 saturated heterocycles. The Kier molecular flexibility index (Phi) is 5.42. The lowest BCUT2D eigenvalue weighted by atomic mass is 9.45. The van der Waals surface area contributed by atoms with E-state index in [0.29, 0.717) is 5.41 Å². The third-order valence-corrected chi connectivity index (χ3v) is 9.27. The Morgan fingerprint density at radius 2 is 1.56 bits per heavy atom. The second-order valence-corrected chi connectivity index (χ2v) is 10.1. The first kappa shape index (κ1) is 19.0. The number of hydrogen-bond donors (Lipinski definition) is 3. The van der Waals surface area contributed by atoms with Crippen molar-refractivity contribution in [1.82, 2.24) is 0 Å². The number of hydrogen-bond acceptors (Lipinski definition) is 1. The van der Waals surface area contributed by atoms with Crippen molar-refractivity contribution in [2.45, 2.75) is 91.4 Å². The predicted octanol–water partition coefficient (Wildman–Crippen LogP) is 5.28. The summed E-state index contributed by atoms with van der Waals surface area (Å²) >= 11 is 0. The highest BCUT2D eigenvalue weighted by atomic mass is 14.9. The topological polar surface area (TPSA) is 75.9 Å². The fourth-order valence-corrected chi connectivity index (χ4v) is 8.07. The lowest BCUT2D eigenvalue weighted by molar-refractivity contribution is -0.110. The van der Waals surface area contributed by atoms with Crippen LogP contribution in [-0.4, -0.2) is 5.96 Å². The summed E-state index contributed by atoms with van der Waals surface area (Å²) in [4.78, 5) is 0. The Morgan fingerprint density at radius 3 is 2.24 bits per heavy atom. The molecule has 3 heteroatoms. The van der Waals surface area contributed by atoms with E-state index in [1.807, 2.05) is 0 Å². The van der Waals surface area contributed by atoms with Gasteiger partial charge in [-0.15, -0.1) is 0 Å². The van der Waals surface area contributed by atoms with Gasteiger partial charge in [-0.1, -0.05) is 40.0 Å². The van der Waals surface area contributed by atoms with E-state index in [4.69, 9.17) is 5.41 Å². The van der Waals surface area contributed by atoms with Gasteiger partial charge in [0.1, 0.15) is 0 Å². The highest BCUT2D eigenvalue weighted by Gasteiger charge is 2.59. The van der Waals surface area contributed by atoms with Crippen LogP contribution in [0.4, 0.5) is 0 Å². The molecule has 0 aromatic heterocycles. The fourth-order valence-electron chi connectivity index (χ4n) is 8.07. The molecule has 0 aromatic carbocycles. The van der Waals surface area contributed by atoms with Crippen LogP contribution in [0.2, 0.25) is 0 Å². The first-order valence-electron chi connectivity index (χ1n) is 10.9. The average Bonchev–Trinajstić information content (AvgIpc) is 2.90. The van der Waals surface area contributed by atoms with E-state index in [1.165, 1.54) is 19.3 Å². The molecular weight excluding hydrogens is 306 g/mol. The number of rotatable bonds is 1. The number of guanidine groups is 1. The van der Waals surface area contributed by atoms with Crippen LogP contribution in [0.15, 0.2) is 0 Å². The Balaban J connectivity index is 0.000000415. The van der Waals surface area contributed by atoms with Gasteiger partial charge in [-0.05, 0) is 91.8 Å². The highest BCUT2D eigenvalue weighted by Crippen LogP contribution is 2.67. The lowest BCUT2D eigenvalue weighted by Gasteiger charge is -2.60. The molecule has 7 unspecified atom stereocenters. The molecule has 3 nitrogen and oxygen atoms in total. The third kappa shape index (κ3) is 3.21. The van der Waals surface area contributed by atoms with Gasteiger partial charge in [-0.2, -0.15) is 0 Å². The van der Waals surface area contributed by atoms with Crippen LogP contribution >= 0.6 is 0 Å². The van der Waals surface area contributed by atoms with Crippen molar-refractivity contribution < 1.29 is 0 Å². The van der Waals surface area contributed by atoms with Gasteiger partial charge < -0.3 is 11.5 Å². The fraction of sp³-hybridized carbons (Fsp3) is 0.955. The van der Waals surface area contributed by atoms with Gasteiger partial charge in [-0.25, -0.2) is 0 Å². The summed E-state index contributed by atoms with van der Waals surface area (Å²) in [7, 11) is 0. The van der Waals surface area contributed by atoms with E-state index in [0.717, 1.165) is 35.0 Å². The Labute approximate surface area is 155 Å². The van der Waals surface area contributed by atoms with Crippen molar-refractivity contribution in [2.75, 3.05) is 0 Å². The molecule has 5 N–H and O–H groups in total. The van der Waals surface area contributed by atoms with Gasteiger partial charge in [0.05, 0.1) is 0 Å². The molecule has 0 aliphatic heterocycles. The molecule has 0 aromatic rings. The summed E-state index contributed by atoms with van der Waals surface area (Å²) in [6.07, 6.45) is 17.0. The first-order valence-corrected chi connectivity index (χ1v) is 10.9. The Hall–Kier alpha value is -0.730. The van der Waals surface area contributed by atoms with Crippen molar-refractivity contribution in [3.8, 4) is 0 Å². The quantitative estimate of drug-likeness (QED) is 0.445. The number of nitrogens with two attached hydrogens (primary N) is 2. The van der Waals surface area contributed by atoms with Crippen molar-refractivity contribution in [1.29, 1.82) is 5.41 Å². The van der Waals surface area contributed by atoms with Gasteiger partial charge in [0.25, 0.3) is 0 Å². The molecule has 4 aliphatic rings. The molecule has 4 saturated carbocycles. The first-order chi connectivity index (χ1) is 11.8. The monoisotopic (exact) mass is 347 g/mol. The van der Waals surface area contributed by atoms with Crippen molar-refractivity contribution >= 4 is 5.96 Å². The van der Waals surface area contributed by atoms with E-state index in [9.17, 15) is 0 Å². The zero-order valence-corrected chi connectivity index (χ0v) is 16.8. The second kappa shape index (κ2) is 7.12. The molecule has 4 fully saturated rings. The maximum atomic E-state index is 6.06. The normalized spacial score (nSPS) is 48.4. The lowest BCUT2D eigenvalue weighted by Crippen LogP contribution is -2.52. The number of nitrogens with one attached hydrogen (secondary N) is 1. The van der Waals surface area contributed by atoms with Crippen LogP contribution in [0.5, 0.6) is 0 Å². The molecular formula is C22H41N3. The van der Waals surface area contributed by atoms with E-state index in [-0.39, 0.29) is 5.96 Å². The SMILES string of the molecule is CCC1CCC2C3CCC4CCCCC4(C)C3CCC12C.N=C(N)N. The van der Waals surface area contributed by atoms with Crippen molar-refractivity contribution in [3.05, 3.63) is 0 Å². The molecule has 0 spiro atoms. The summed E-state index contributed by atoms with van der Waals surface area (Å²) in [6.45, 7) is 7.84. The van der Waals surface area contributed by atoms with Crippen LogP contribution in [0.25, 0.3) is 0 Å². The van der Waals surface area contributed by atoms with E-state index in [1.54, 1.807) is 51.4 Å². The number of fused-ring (bicyclic) bond motifs is 5. The smallest absolute Gasteiger partial charge is 0.183 e. The van der Waals surface area contributed by atoms with Crippen LogP contribution in [0, 0.1) is 45.8 Å². The zero-order valence-electron chi connectivity index (χ0n) is 16.8. The summed E-state index contributed by atoms with van der Waals surface area (Å²) in [6, 6.07) is 0. The second-order valence-electron chi connectivity index (χ2n) is 10.1. The van der Waals surface area contributed by atoms with Crippen LogP contribution in [-0.2, 0) is 0 Å². The van der Waals surface area contributed by atoms with E-state index < -0.39 is 0 Å². The van der Waals surface area contributed by atoms with Gasteiger partial charge in [-0.3, -0.25) is 5.41 Å².